The van der Waals surface area contributed by atoms with Gasteiger partial charge in [-0.05, 0) is 37.8 Å². The Hall–Kier alpha value is -2.74. The summed E-state index contributed by atoms with van der Waals surface area (Å²) in [6, 6.07) is 6.79. The van der Waals surface area contributed by atoms with Gasteiger partial charge in [-0.15, -0.1) is 0 Å². The standard InChI is InChI=1S/C23H29N3O5/c27-20(11-12-26-22(29)16-7-1-2-8-17(16)23(26)30)25-19-10-4-3-9-18(19)21(28)24-14-15-6-5-13-31-15/h3-4,9-10,15-17H,1-2,5-8,11-14H2,(H,24,28)(H,25,27). The minimum absolute atomic E-state index is 0.00277. The van der Waals surface area contributed by atoms with Crippen LogP contribution in [-0.4, -0.2) is 54.3 Å². The van der Waals surface area contributed by atoms with E-state index in [9.17, 15) is 19.2 Å². The highest BCUT2D eigenvalue weighted by molar-refractivity contribution is 6.06. The van der Waals surface area contributed by atoms with Gasteiger partial charge in [0.25, 0.3) is 5.91 Å². The van der Waals surface area contributed by atoms with Crippen LogP contribution in [0.4, 0.5) is 5.69 Å². The van der Waals surface area contributed by atoms with Gasteiger partial charge in [0.2, 0.25) is 17.7 Å². The van der Waals surface area contributed by atoms with Crippen LogP contribution in [0.2, 0.25) is 0 Å². The molecule has 166 valence electrons. The third-order valence-electron chi connectivity index (χ3n) is 6.45. The zero-order valence-electron chi connectivity index (χ0n) is 17.6. The number of hydrogen-bond donors (Lipinski definition) is 2. The number of ether oxygens (including phenoxy) is 1. The summed E-state index contributed by atoms with van der Waals surface area (Å²) in [6.07, 6.45) is 5.41. The Labute approximate surface area is 181 Å². The van der Waals surface area contributed by atoms with Crippen molar-refractivity contribution in [2.24, 2.45) is 11.8 Å². The molecule has 8 nitrogen and oxygen atoms in total. The lowest BCUT2D eigenvalue weighted by molar-refractivity contribution is -0.140. The summed E-state index contributed by atoms with van der Waals surface area (Å²) in [5, 5.41) is 5.61. The Morgan fingerprint density at radius 2 is 1.71 bits per heavy atom. The predicted molar refractivity (Wildman–Crippen MR) is 113 cm³/mol. The van der Waals surface area contributed by atoms with Crippen molar-refractivity contribution in [3.05, 3.63) is 29.8 Å². The molecule has 0 spiro atoms. The fourth-order valence-electron chi connectivity index (χ4n) is 4.77. The molecule has 1 aromatic carbocycles. The monoisotopic (exact) mass is 427 g/mol. The molecule has 2 heterocycles. The Bertz CT molecular complexity index is 841. The Kier molecular flexibility index (Phi) is 6.65. The molecule has 1 saturated carbocycles. The molecule has 1 aromatic rings. The van der Waals surface area contributed by atoms with Gasteiger partial charge < -0.3 is 15.4 Å². The lowest BCUT2D eigenvalue weighted by Crippen LogP contribution is -2.34. The van der Waals surface area contributed by atoms with E-state index in [0.717, 1.165) is 45.1 Å². The number of benzene rings is 1. The van der Waals surface area contributed by atoms with E-state index in [2.05, 4.69) is 10.6 Å². The molecule has 0 bridgehead atoms. The van der Waals surface area contributed by atoms with Crippen LogP contribution in [0.1, 0.15) is 55.3 Å². The highest BCUT2D eigenvalue weighted by Crippen LogP contribution is 2.38. The van der Waals surface area contributed by atoms with Crippen molar-refractivity contribution in [1.29, 1.82) is 0 Å². The van der Waals surface area contributed by atoms with Gasteiger partial charge in [-0.3, -0.25) is 24.1 Å². The van der Waals surface area contributed by atoms with E-state index in [1.807, 2.05) is 0 Å². The highest BCUT2D eigenvalue weighted by atomic mass is 16.5. The van der Waals surface area contributed by atoms with Crippen molar-refractivity contribution in [2.45, 2.75) is 51.0 Å². The van der Waals surface area contributed by atoms with Crippen LogP contribution in [-0.2, 0) is 19.1 Å². The van der Waals surface area contributed by atoms with Gasteiger partial charge in [-0.1, -0.05) is 25.0 Å². The quantitative estimate of drug-likeness (QED) is 0.649. The van der Waals surface area contributed by atoms with E-state index in [-0.39, 0.29) is 54.5 Å². The number of nitrogens with one attached hydrogen (secondary N) is 2. The minimum atomic E-state index is -0.338. The topological polar surface area (TPSA) is 105 Å². The molecule has 4 amide bonds. The molecule has 31 heavy (non-hydrogen) atoms. The molecule has 2 saturated heterocycles. The number of carbonyl (C=O) groups is 4. The fraction of sp³-hybridized carbons (Fsp3) is 0.565. The number of anilines is 1. The first-order valence-corrected chi connectivity index (χ1v) is 11.2. The molecular formula is C23H29N3O5. The van der Waals surface area contributed by atoms with E-state index in [1.54, 1.807) is 24.3 Å². The number of nitrogens with zero attached hydrogens (tertiary/aromatic N) is 1. The molecule has 3 atom stereocenters. The summed E-state index contributed by atoms with van der Waals surface area (Å²) in [6.45, 7) is 1.23. The average Bonchev–Trinajstić information content (AvgIpc) is 3.39. The second kappa shape index (κ2) is 9.60. The summed E-state index contributed by atoms with van der Waals surface area (Å²) in [4.78, 5) is 51.5. The van der Waals surface area contributed by atoms with E-state index < -0.39 is 0 Å². The lowest BCUT2D eigenvalue weighted by Gasteiger charge is -2.19. The van der Waals surface area contributed by atoms with Crippen molar-refractivity contribution >= 4 is 29.3 Å². The molecular weight excluding hydrogens is 398 g/mol. The first-order chi connectivity index (χ1) is 15.0. The number of para-hydroxylation sites is 1. The van der Waals surface area contributed by atoms with Crippen molar-refractivity contribution in [3.8, 4) is 0 Å². The van der Waals surface area contributed by atoms with E-state index in [0.29, 0.717) is 17.8 Å². The third-order valence-corrected chi connectivity index (χ3v) is 6.45. The van der Waals surface area contributed by atoms with Crippen LogP contribution < -0.4 is 10.6 Å². The molecule has 2 N–H and O–H groups in total. The maximum Gasteiger partial charge on any atom is 0.253 e. The number of fused-ring (bicyclic) bond motifs is 1. The highest BCUT2D eigenvalue weighted by Gasteiger charge is 2.47. The molecule has 0 radical (unpaired) electrons. The molecule has 3 fully saturated rings. The zero-order valence-corrected chi connectivity index (χ0v) is 17.6. The Balaban J connectivity index is 1.32. The average molecular weight is 428 g/mol. The molecule has 4 rings (SSSR count). The normalized spacial score (nSPS) is 25.4. The van der Waals surface area contributed by atoms with Crippen LogP contribution >= 0.6 is 0 Å². The number of imide groups is 1. The SMILES string of the molecule is O=C(CCN1C(=O)C2CCCCC2C1=O)Nc1ccccc1C(=O)NCC1CCCO1. The van der Waals surface area contributed by atoms with Crippen LogP contribution in [0.5, 0.6) is 0 Å². The zero-order chi connectivity index (χ0) is 21.8. The van der Waals surface area contributed by atoms with Gasteiger partial charge in [-0.25, -0.2) is 0 Å². The summed E-state index contributed by atoms with van der Waals surface area (Å²) in [5.74, 6) is -1.32. The second-order valence-corrected chi connectivity index (χ2v) is 8.51. The van der Waals surface area contributed by atoms with Gasteiger partial charge in [-0.2, -0.15) is 0 Å². The fourth-order valence-corrected chi connectivity index (χ4v) is 4.77. The summed E-state index contributed by atoms with van der Waals surface area (Å²) in [5.41, 5.74) is 0.776. The van der Waals surface area contributed by atoms with Crippen molar-refractivity contribution < 1.29 is 23.9 Å². The van der Waals surface area contributed by atoms with Gasteiger partial charge >= 0.3 is 0 Å². The molecule has 8 heteroatoms. The van der Waals surface area contributed by atoms with Gasteiger partial charge in [0.1, 0.15) is 0 Å². The minimum Gasteiger partial charge on any atom is -0.376 e. The van der Waals surface area contributed by atoms with Crippen LogP contribution in [0, 0.1) is 11.8 Å². The lowest BCUT2D eigenvalue weighted by atomic mass is 9.81. The second-order valence-electron chi connectivity index (χ2n) is 8.51. The molecule has 1 aliphatic carbocycles. The number of amides is 4. The van der Waals surface area contributed by atoms with E-state index in [1.165, 1.54) is 4.90 Å². The Morgan fingerprint density at radius 3 is 2.39 bits per heavy atom. The van der Waals surface area contributed by atoms with Gasteiger partial charge in [0.05, 0.1) is 29.2 Å². The van der Waals surface area contributed by atoms with Crippen molar-refractivity contribution in [1.82, 2.24) is 10.2 Å². The Morgan fingerprint density at radius 1 is 1.00 bits per heavy atom. The summed E-state index contributed by atoms with van der Waals surface area (Å²) < 4.78 is 5.52. The molecule has 0 aromatic heterocycles. The van der Waals surface area contributed by atoms with Crippen LogP contribution in [0.3, 0.4) is 0 Å². The van der Waals surface area contributed by atoms with E-state index in [4.69, 9.17) is 4.74 Å². The van der Waals surface area contributed by atoms with Gasteiger partial charge in [0.15, 0.2) is 0 Å². The number of likely N-dealkylation sites (tertiary alicyclic amines) is 1. The first-order valence-electron chi connectivity index (χ1n) is 11.2. The summed E-state index contributed by atoms with van der Waals surface area (Å²) in [7, 11) is 0. The third kappa shape index (κ3) is 4.79. The molecule has 2 aliphatic heterocycles. The number of hydrogen-bond acceptors (Lipinski definition) is 5. The number of rotatable bonds is 7. The first kappa shape index (κ1) is 21.5. The number of carbonyl (C=O) groups excluding carboxylic acids is 4. The summed E-state index contributed by atoms with van der Waals surface area (Å²) >= 11 is 0. The van der Waals surface area contributed by atoms with Crippen LogP contribution in [0.25, 0.3) is 0 Å². The van der Waals surface area contributed by atoms with E-state index >= 15 is 0 Å². The van der Waals surface area contributed by atoms with Crippen molar-refractivity contribution in [3.63, 3.8) is 0 Å². The molecule has 3 unspecified atom stereocenters. The van der Waals surface area contributed by atoms with Gasteiger partial charge in [0, 0.05) is 26.1 Å². The maximum absolute atomic E-state index is 12.6. The van der Waals surface area contributed by atoms with Crippen molar-refractivity contribution in [2.75, 3.05) is 25.0 Å². The largest absolute Gasteiger partial charge is 0.376 e. The van der Waals surface area contributed by atoms with Crippen LogP contribution in [0.15, 0.2) is 24.3 Å². The predicted octanol–water partition coefficient (Wildman–Crippen LogP) is 2.10. The molecule has 3 aliphatic rings. The smallest absolute Gasteiger partial charge is 0.253 e. The maximum atomic E-state index is 12.6.